The highest BCUT2D eigenvalue weighted by Gasteiger charge is 2.43. The molecular formula is C33H62O6. The Bertz CT molecular complexity index is 631. The van der Waals surface area contributed by atoms with Crippen LogP contribution in [0.15, 0.2) is 0 Å². The third-order valence-corrected chi connectivity index (χ3v) is 9.57. The molecule has 8 unspecified atom stereocenters. The second kappa shape index (κ2) is 16.4. The Morgan fingerprint density at radius 3 is 1.51 bits per heavy atom. The van der Waals surface area contributed by atoms with Crippen LogP contribution in [0, 0.1) is 17.8 Å². The Hall–Kier alpha value is -0.240. The van der Waals surface area contributed by atoms with Crippen LogP contribution in [0.25, 0.3) is 0 Å². The van der Waals surface area contributed by atoms with Gasteiger partial charge in [0.1, 0.15) is 0 Å². The molecule has 0 aromatic carbocycles. The normalized spacial score (nSPS) is 33.2. The fourth-order valence-corrected chi connectivity index (χ4v) is 7.55. The van der Waals surface area contributed by atoms with Crippen molar-refractivity contribution >= 4 is 0 Å². The van der Waals surface area contributed by atoms with Crippen LogP contribution in [0.1, 0.15) is 132 Å². The van der Waals surface area contributed by atoms with E-state index in [0.717, 1.165) is 51.7 Å². The van der Waals surface area contributed by atoms with Crippen molar-refractivity contribution in [3.8, 4) is 0 Å². The Balaban J connectivity index is 1.77. The first-order chi connectivity index (χ1) is 18.7. The average molecular weight is 555 g/mol. The van der Waals surface area contributed by atoms with Gasteiger partial charge in [0.2, 0.25) is 0 Å². The molecule has 3 rings (SSSR count). The van der Waals surface area contributed by atoms with Gasteiger partial charge in [0.15, 0.2) is 0 Å². The molecule has 0 saturated heterocycles. The lowest BCUT2D eigenvalue weighted by Crippen LogP contribution is -2.50. The Morgan fingerprint density at radius 1 is 0.615 bits per heavy atom. The highest BCUT2D eigenvalue weighted by Crippen LogP contribution is 2.40. The van der Waals surface area contributed by atoms with E-state index >= 15 is 0 Å². The van der Waals surface area contributed by atoms with Crippen LogP contribution in [0.4, 0.5) is 0 Å². The Kier molecular flexibility index (Phi) is 14.0. The second-order valence-corrected chi connectivity index (χ2v) is 13.2. The number of rotatable bonds is 15. The van der Waals surface area contributed by atoms with Crippen LogP contribution in [0.5, 0.6) is 0 Å². The molecule has 39 heavy (non-hydrogen) atoms. The summed E-state index contributed by atoms with van der Waals surface area (Å²) in [6.45, 7) is 18.0. The van der Waals surface area contributed by atoms with Gasteiger partial charge in [-0.3, -0.25) is 0 Å². The molecule has 230 valence electrons. The monoisotopic (exact) mass is 554 g/mol. The number of ether oxygens (including phenoxy) is 6. The van der Waals surface area contributed by atoms with Gasteiger partial charge in [0.05, 0.1) is 42.2 Å². The third-order valence-electron chi connectivity index (χ3n) is 9.57. The van der Waals surface area contributed by atoms with E-state index < -0.39 is 12.1 Å². The maximum absolute atomic E-state index is 6.90. The van der Waals surface area contributed by atoms with E-state index in [-0.39, 0.29) is 36.6 Å². The van der Waals surface area contributed by atoms with E-state index in [1.54, 1.807) is 0 Å². The molecule has 3 fully saturated rings. The smallest absolute Gasteiger partial charge is 0.272 e. The van der Waals surface area contributed by atoms with Gasteiger partial charge in [-0.15, -0.1) is 0 Å². The zero-order valence-corrected chi connectivity index (χ0v) is 26.6. The SMILES string of the molecule is CCOC1CCCCC1C(C)OC(OC(C)C1CCCCC1OCC)OC(C)(C)C1CCCCC1OC(C)C. The van der Waals surface area contributed by atoms with Gasteiger partial charge in [-0.1, -0.05) is 38.5 Å². The molecular weight excluding hydrogens is 492 g/mol. The van der Waals surface area contributed by atoms with Crippen molar-refractivity contribution in [3.63, 3.8) is 0 Å². The van der Waals surface area contributed by atoms with E-state index in [1.807, 2.05) is 0 Å². The molecule has 3 aliphatic rings. The minimum atomic E-state index is -0.736. The van der Waals surface area contributed by atoms with E-state index in [2.05, 4.69) is 55.4 Å². The predicted molar refractivity (Wildman–Crippen MR) is 157 cm³/mol. The summed E-state index contributed by atoms with van der Waals surface area (Å²) >= 11 is 0. The summed E-state index contributed by atoms with van der Waals surface area (Å²) in [5, 5.41) is 0. The molecule has 6 nitrogen and oxygen atoms in total. The van der Waals surface area contributed by atoms with Gasteiger partial charge in [0.25, 0.3) is 6.48 Å². The van der Waals surface area contributed by atoms with Crippen molar-refractivity contribution in [1.29, 1.82) is 0 Å². The zero-order valence-electron chi connectivity index (χ0n) is 26.6. The van der Waals surface area contributed by atoms with Crippen molar-refractivity contribution < 1.29 is 28.4 Å². The lowest BCUT2D eigenvalue weighted by atomic mass is 9.76. The summed E-state index contributed by atoms with van der Waals surface area (Å²) in [4.78, 5) is 0. The standard InChI is InChI=1S/C33H62O6/c1-9-34-29-20-14-11-17-26(29)24(5)37-32(38-25(6)27-18-12-15-21-30(27)35-10-2)39-33(7,8)28-19-13-16-22-31(28)36-23(3)4/h23-32H,9-22H2,1-8H3. The lowest BCUT2D eigenvalue weighted by molar-refractivity contribution is -0.367. The van der Waals surface area contributed by atoms with Crippen LogP contribution in [0.2, 0.25) is 0 Å². The molecule has 0 N–H and O–H groups in total. The summed E-state index contributed by atoms with van der Waals surface area (Å²) in [7, 11) is 0. The fourth-order valence-electron chi connectivity index (χ4n) is 7.55. The van der Waals surface area contributed by atoms with Crippen LogP contribution in [-0.2, 0) is 28.4 Å². The molecule has 0 heterocycles. The van der Waals surface area contributed by atoms with Crippen LogP contribution >= 0.6 is 0 Å². The lowest BCUT2D eigenvalue weighted by Gasteiger charge is -2.45. The van der Waals surface area contributed by atoms with Crippen molar-refractivity contribution in [1.82, 2.24) is 0 Å². The molecule has 3 saturated carbocycles. The van der Waals surface area contributed by atoms with E-state index in [4.69, 9.17) is 28.4 Å². The molecule has 0 aromatic heterocycles. The minimum absolute atomic E-state index is 0.0158. The summed E-state index contributed by atoms with van der Waals surface area (Å²) in [6.07, 6.45) is 14.9. The van der Waals surface area contributed by atoms with Crippen LogP contribution < -0.4 is 0 Å². The van der Waals surface area contributed by atoms with E-state index in [0.29, 0.717) is 17.8 Å². The summed E-state index contributed by atoms with van der Waals surface area (Å²) in [5.41, 5.74) is -0.443. The molecule has 0 radical (unpaired) electrons. The van der Waals surface area contributed by atoms with Crippen molar-refractivity contribution in [2.75, 3.05) is 13.2 Å². The van der Waals surface area contributed by atoms with Gasteiger partial charge in [-0.2, -0.15) is 0 Å². The quantitative estimate of drug-likeness (QED) is 0.191. The van der Waals surface area contributed by atoms with Crippen molar-refractivity contribution in [2.45, 2.75) is 181 Å². The number of hydrogen-bond donors (Lipinski definition) is 0. The van der Waals surface area contributed by atoms with Gasteiger partial charge in [0, 0.05) is 31.0 Å². The number of hydrogen-bond acceptors (Lipinski definition) is 6. The highest BCUT2D eigenvalue weighted by molar-refractivity contribution is 4.90. The first kappa shape index (κ1) is 33.3. The van der Waals surface area contributed by atoms with Gasteiger partial charge in [-0.05, 0) is 93.9 Å². The van der Waals surface area contributed by atoms with Crippen LogP contribution in [-0.4, -0.2) is 61.9 Å². The van der Waals surface area contributed by atoms with E-state index in [1.165, 1.54) is 38.5 Å². The second-order valence-electron chi connectivity index (χ2n) is 13.2. The van der Waals surface area contributed by atoms with Crippen molar-refractivity contribution in [3.05, 3.63) is 0 Å². The Morgan fingerprint density at radius 2 is 1.05 bits per heavy atom. The maximum atomic E-state index is 6.90. The minimum Gasteiger partial charge on any atom is -0.378 e. The van der Waals surface area contributed by atoms with Crippen molar-refractivity contribution in [2.24, 2.45) is 17.8 Å². The maximum Gasteiger partial charge on any atom is 0.272 e. The van der Waals surface area contributed by atoms with Crippen LogP contribution in [0.3, 0.4) is 0 Å². The molecule has 0 bridgehead atoms. The molecule has 0 aromatic rings. The predicted octanol–water partition coefficient (Wildman–Crippen LogP) is 8.05. The molecule has 0 aliphatic heterocycles. The zero-order chi connectivity index (χ0) is 28.4. The largest absolute Gasteiger partial charge is 0.378 e. The summed E-state index contributed by atoms with van der Waals surface area (Å²) in [5.74, 6) is 0.999. The first-order valence-corrected chi connectivity index (χ1v) is 16.5. The fraction of sp³-hybridized carbons (Fsp3) is 1.00. The summed E-state index contributed by atoms with van der Waals surface area (Å²) in [6, 6.07) is 0. The van der Waals surface area contributed by atoms with Gasteiger partial charge >= 0.3 is 0 Å². The summed E-state index contributed by atoms with van der Waals surface area (Å²) < 4.78 is 39.2. The topological polar surface area (TPSA) is 55.4 Å². The first-order valence-electron chi connectivity index (χ1n) is 16.5. The van der Waals surface area contributed by atoms with Gasteiger partial charge < -0.3 is 28.4 Å². The molecule has 6 heteroatoms. The average Bonchev–Trinajstić information content (AvgIpc) is 2.89. The molecule has 0 amide bonds. The third kappa shape index (κ3) is 9.92. The molecule has 0 spiro atoms. The Labute approximate surface area is 240 Å². The molecule has 8 atom stereocenters. The molecule has 3 aliphatic carbocycles. The van der Waals surface area contributed by atoms with Gasteiger partial charge in [-0.25, -0.2) is 0 Å². The van der Waals surface area contributed by atoms with E-state index in [9.17, 15) is 0 Å². The highest BCUT2D eigenvalue weighted by atomic mass is 16.9.